The van der Waals surface area contributed by atoms with Crippen molar-refractivity contribution in [1.29, 1.82) is 0 Å². The normalized spacial score (nSPS) is 17.3. The van der Waals surface area contributed by atoms with E-state index in [9.17, 15) is 0 Å². The maximum atomic E-state index is 4.64. The first-order valence-corrected chi connectivity index (χ1v) is 8.65. The minimum atomic E-state index is 0.321. The molecule has 1 saturated carbocycles. The molecule has 0 radical (unpaired) electrons. The Labute approximate surface area is 139 Å². The molecule has 2 aromatic heterocycles. The van der Waals surface area contributed by atoms with Gasteiger partial charge in [0.15, 0.2) is 0 Å². The third-order valence-electron chi connectivity index (χ3n) is 4.96. The molecule has 1 aliphatic carbocycles. The molecule has 4 nitrogen and oxygen atoms in total. The predicted molar refractivity (Wildman–Crippen MR) is 92.0 cm³/mol. The third-order valence-corrected chi connectivity index (χ3v) is 4.96. The van der Waals surface area contributed by atoms with Crippen molar-refractivity contribution in [3.63, 3.8) is 0 Å². The van der Waals surface area contributed by atoms with Gasteiger partial charge in [0.2, 0.25) is 0 Å². The van der Waals surface area contributed by atoms with E-state index in [1.807, 2.05) is 30.9 Å². The lowest BCUT2D eigenvalue weighted by Crippen LogP contribution is -2.22. The zero-order chi connectivity index (χ0) is 16.1. The summed E-state index contributed by atoms with van der Waals surface area (Å²) in [6, 6.07) is 4.43. The van der Waals surface area contributed by atoms with Gasteiger partial charge in [-0.1, -0.05) is 25.3 Å². The summed E-state index contributed by atoms with van der Waals surface area (Å²) in [7, 11) is 2.13. The van der Waals surface area contributed by atoms with E-state index in [2.05, 4.69) is 39.9 Å². The summed E-state index contributed by atoms with van der Waals surface area (Å²) in [5.41, 5.74) is 2.40. The van der Waals surface area contributed by atoms with Crippen LogP contribution in [-0.2, 0) is 6.54 Å². The first-order chi connectivity index (χ1) is 11.2. The summed E-state index contributed by atoms with van der Waals surface area (Å²) in [5, 5.41) is 0. The van der Waals surface area contributed by atoms with Gasteiger partial charge in [-0.3, -0.25) is 9.88 Å². The number of hydrogen-bond donors (Lipinski definition) is 0. The lowest BCUT2D eigenvalue weighted by Gasteiger charge is -2.25. The Morgan fingerprint density at radius 1 is 1.13 bits per heavy atom. The van der Waals surface area contributed by atoms with Crippen molar-refractivity contribution in [3.8, 4) is 0 Å². The van der Waals surface area contributed by atoms with E-state index in [0.717, 1.165) is 12.4 Å². The average Bonchev–Trinajstić information content (AvgIpc) is 2.63. The van der Waals surface area contributed by atoms with Crippen LogP contribution in [0.15, 0.2) is 36.9 Å². The molecule has 0 aromatic carbocycles. The minimum absolute atomic E-state index is 0.321. The van der Waals surface area contributed by atoms with Gasteiger partial charge in [0, 0.05) is 48.9 Å². The highest BCUT2D eigenvalue weighted by Gasteiger charge is 2.18. The zero-order valence-corrected chi connectivity index (χ0v) is 14.2. The van der Waals surface area contributed by atoms with Crippen molar-refractivity contribution in [3.05, 3.63) is 53.9 Å². The van der Waals surface area contributed by atoms with Gasteiger partial charge in [0.05, 0.1) is 0 Å². The molecule has 0 spiro atoms. The zero-order valence-electron chi connectivity index (χ0n) is 14.2. The van der Waals surface area contributed by atoms with Crippen LogP contribution in [-0.4, -0.2) is 26.9 Å². The first-order valence-electron chi connectivity index (χ1n) is 8.65. The van der Waals surface area contributed by atoms with Crippen LogP contribution in [0.25, 0.3) is 0 Å². The van der Waals surface area contributed by atoms with Crippen molar-refractivity contribution < 1.29 is 0 Å². The van der Waals surface area contributed by atoms with Gasteiger partial charge in [-0.2, -0.15) is 0 Å². The molecule has 1 atom stereocenters. The highest BCUT2D eigenvalue weighted by atomic mass is 15.1. The molecule has 0 bridgehead atoms. The Morgan fingerprint density at radius 3 is 2.52 bits per heavy atom. The molecule has 2 aromatic rings. The fourth-order valence-corrected chi connectivity index (χ4v) is 3.32. The van der Waals surface area contributed by atoms with Crippen LogP contribution in [0, 0.1) is 0 Å². The number of aromatic nitrogens is 3. The quantitative estimate of drug-likeness (QED) is 0.833. The standard InChI is InChI=1S/C19H26N4/c1-15(18-9-6-10-20-13-18)23(2)14-16-11-21-19(22-12-16)17-7-4-3-5-8-17/h6,9-13,15,17H,3-5,7-8,14H2,1-2H3/t15-/m1/s1. The molecule has 3 rings (SSSR count). The lowest BCUT2D eigenvalue weighted by atomic mass is 9.89. The minimum Gasteiger partial charge on any atom is -0.295 e. The van der Waals surface area contributed by atoms with E-state index in [0.29, 0.717) is 12.0 Å². The topological polar surface area (TPSA) is 41.9 Å². The molecule has 23 heavy (non-hydrogen) atoms. The Hall–Kier alpha value is -1.81. The summed E-state index contributed by atoms with van der Waals surface area (Å²) in [4.78, 5) is 15.8. The van der Waals surface area contributed by atoms with Gasteiger partial charge in [-0.25, -0.2) is 9.97 Å². The average molecular weight is 310 g/mol. The number of nitrogens with zero attached hydrogens (tertiary/aromatic N) is 4. The van der Waals surface area contributed by atoms with Crippen LogP contribution in [0.2, 0.25) is 0 Å². The number of pyridine rings is 1. The second-order valence-electron chi connectivity index (χ2n) is 6.66. The monoisotopic (exact) mass is 310 g/mol. The summed E-state index contributed by atoms with van der Waals surface area (Å²) in [6.45, 7) is 3.05. The molecule has 122 valence electrons. The third kappa shape index (κ3) is 4.14. The van der Waals surface area contributed by atoms with Crippen LogP contribution >= 0.6 is 0 Å². The fourth-order valence-electron chi connectivity index (χ4n) is 3.32. The highest BCUT2D eigenvalue weighted by Crippen LogP contribution is 2.30. The molecule has 0 unspecified atom stereocenters. The SMILES string of the molecule is C[C@H](c1cccnc1)N(C)Cc1cnc(C2CCCCC2)nc1. The predicted octanol–water partition coefficient (Wildman–Crippen LogP) is 4.11. The summed E-state index contributed by atoms with van der Waals surface area (Å²) in [6.07, 6.45) is 14.3. The van der Waals surface area contributed by atoms with E-state index < -0.39 is 0 Å². The molecular formula is C19H26N4. The van der Waals surface area contributed by atoms with Gasteiger partial charge in [0.1, 0.15) is 5.82 Å². The van der Waals surface area contributed by atoms with Gasteiger partial charge in [0.25, 0.3) is 0 Å². The lowest BCUT2D eigenvalue weighted by molar-refractivity contribution is 0.252. The van der Waals surface area contributed by atoms with Gasteiger partial charge in [-0.05, 0) is 38.4 Å². The molecule has 0 aliphatic heterocycles. The fraction of sp³-hybridized carbons (Fsp3) is 0.526. The Bertz CT molecular complexity index is 591. The molecule has 0 amide bonds. The van der Waals surface area contributed by atoms with Crippen LogP contribution in [0.3, 0.4) is 0 Å². The largest absolute Gasteiger partial charge is 0.295 e. The molecular weight excluding hydrogens is 284 g/mol. The van der Waals surface area contributed by atoms with Crippen molar-refractivity contribution in [2.24, 2.45) is 0 Å². The van der Waals surface area contributed by atoms with Crippen LogP contribution in [0.4, 0.5) is 0 Å². The van der Waals surface area contributed by atoms with E-state index in [-0.39, 0.29) is 0 Å². The first kappa shape index (κ1) is 16.1. The van der Waals surface area contributed by atoms with E-state index in [4.69, 9.17) is 0 Å². The van der Waals surface area contributed by atoms with E-state index in [1.165, 1.54) is 43.2 Å². The van der Waals surface area contributed by atoms with Crippen LogP contribution < -0.4 is 0 Å². The van der Waals surface area contributed by atoms with E-state index >= 15 is 0 Å². The molecule has 1 aliphatic rings. The second kappa shape index (κ2) is 7.64. The van der Waals surface area contributed by atoms with Crippen molar-refractivity contribution >= 4 is 0 Å². The number of hydrogen-bond acceptors (Lipinski definition) is 4. The second-order valence-corrected chi connectivity index (χ2v) is 6.66. The Kier molecular flexibility index (Phi) is 5.34. The maximum absolute atomic E-state index is 4.64. The van der Waals surface area contributed by atoms with Crippen molar-refractivity contribution in [2.75, 3.05) is 7.05 Å². The highest BCUT2D eigenvalue weighted by molar-refractivity contribution is 5.14. The van der Waals surface area contributed by atoms with Crippen molar-refractivity contribution in [2.45, 2.75) is 57.5 Å². The van der Waals surface area contributed by atoms with Gasteiger partial charge < -0.3 is 0 Å². The maximum Gasteiger partial charge on any atom is 0.131 e. The van der Waals surface area contributed by atoms with Gasteiger partial charge >= 0.3 is 0 Å². The van der Waals surface area contributed by atoms with Crippen molar-refractivity contribution in [1.82, 2.24) is 19.9 Å². The van der Waals surface area contributed by atoms with E-state index in [1.54, 1.807) is 0 Å². The van der Waals surface area contributed by atoms with Crippen LogP contribution in [0.5, 0.6) is 0 Å². The molecule has 4 heteroatoms. The molecule has 1 fully saturated rings. The summed E-state index contributed by atoms with van der Waals surface area (Å²) < 4.78 is 0. The molecule has 0 saturated heterocycles. The summed E-state index contributed by atoms with van der Waals surface area (Å²) in [5.74, 6) is 1.61. The number of rotatable bonds is 5. The van der Waals surface area contributed by atoms with Crippen LogP contribution in [0.1, 0.15) is 67.9 Å². The smallest absolute Gasteiger partial charge is 0.131 e. The molecule has 2 heterocycles. The Balaban J connectivity index is 1.61. The van der Waals surface area contributed by atoms with Gasteiger partial charge in [-0.15, -0.1) is 0 Å². The molecule has 0 N–H and O–H groups in total. The summed E-state index contributed by atoms with van der Waals surface area (Å²) >= 11 is 0. The Morgan fingerprint density at radius 2 is 1.87 bits per heavy atom.